The number of hydrogen-bond acceptors (Lipinski definition) is 15. The topological polar surface area (TPSA) is 262 Å². The van der Waals surface area contributed by atoms with E-state index >= 15 is 0 Å². The van der Waals surface area contributed by atoms with Crippen LogP contribution in [0.5, 0.6) is 0 Å². The van der Waals surface area contributed by atoms with E-state index in [4.69, 9.17) is 33.8 Å². The highest BCUT2D eigenvalue weighted by Gasteiger charge is 2.35. The standard InChI is InChI=1S/C48H79N9O12S/c1-43(2,3)64-37(58)52-34(49)32-31-70-33(51-32)27-23-22-26-30-57(42(63)69-48(16,17)18)36(55-40(61)67-46(10,11)12)56(41(62)68-47(13,14)15)29-25-21-19-20-24-28-50-35(53-38(59)65-44(4,5)6)54-39(60)66-45(7,8)9/h31H,19-22,24-26,28-30H2,1-18H3,(H2,49,52,58)(H2,50,53,54,59,60)/b55-36+. The summed E-state index contributed by atoms with van der Waals surface area (Å²) >= 11 is 1.17. The van der Waals surface area contributed by atoms with Crippen molar-refractivity contribution in [2.24, 2.45) is 9.98 Å². The molecule has 0 atom stereocenters. The fourth-order valence-corrected chi connectivity index (χ4v) is 5.89. The van der Waals surface area contributed by atoms with E-state index in [1.807, 2.05) is 0 Å². The van der Waals surface area contributed by atoms with Crippen LogP contribution in [0.2, 0.25) is 0 Å². The SMILES string of the molecule is CC(C)(C)OC(=O)/N=C(/NCCCCCCCN(C(=O)OC(C)(C)C)/C(=N\C(=O)OC(C)(C)C)N(CCCC#Cc1nc(C(=N)NC(=O)OC(C)(C)C)cs1)C(=O)OC(C)(C)C)NC(=O)OC(C)(C)C. The lowest BCUT2D eigenvalue weighted by molar-refractivity contribution is 0.0270. The lowest BCUT2D eigenvalue weighted by Crippen LogP contribution is -2.53. The number of carbonyl (C=O) groups is 6. The van der Waals surface area contributed by atoms with Gasteiger partial charge in [0.1, 0.15) is 39.3 Å². The number of alkyl carbamates (subject to hydrolysis) is 2. The van der Waals surface area contributed by atoms with Crippen molar-refractivity contribution in [3.05, 3.63) is 16.1 Å². The Morgan fingerprint density at radius 3 is 1.50 bits per heavy atom. The van der Waals surface area contributed by atoms with Crippen LogP contribution < -0.4 is 16.0 Å². The van der Waals surface area contributed by atoms with E-state index in [0.717, 1.165) is 9.80 Å². The number of ether oxygens (including phenoxy) is 6. The average Bonchev–Trinajstić information content (AvgIpc) is 3.59. The molecule has 70 heavy (non-hydrogen) atoms. The molecule has 0 fully saturated rings. The Morgan fingerprint density at radius 1 is 0.586 bits per heavy atom. The summed E-state index contributed by atoms with van der Waals surface area (Å²) in [6, 6.07) is 0. The molecule has 0 aliphatic heterocycles. The van der Waals surface area contributed by atoms with Crippen molar-refractivity contribution in [2.45, 2.75) is 203 Å². The maximum atomic E-state index is 14.1. The van der Waals surface area contributed by atoms with Gasteiger partial charge in [-0.2, -0.15) is 0 Å². The van der Waals surface area contributed by atoms with Gasteiger partial charge < -0.3 is 33.7 Å². The maximum absolute atomic E-state index is 14.1. The molecule has 1 aromatic rings. The summed E-state index contributed by atoms with van der Waals surface area (Å²) in [6.45, 7) is 30.6. The second-order valence-corrected chi connectivity index (χ2v) is 22.7. The minimum atomic E-state index is -1.06. The third kappa shape index (κ3) is 29.8. The third-order valence-electron chi connectivity index (χ3n) is 7.63. The highest BCUT2D eigenvalue weighted by Crippen LogP contribution is 2.19. The normalized spacial score (nSPS) is 12.6. The average molecular weight is 1010 g/mol. The molecule has 1 aromatic heterocycles. The molecule has 0 aliphatic carbocycles. The first kappa shape index (κ1) is 62.0. The number of aliphatic imine (C=N–C) groups is 2. The van der Waals surface area contributed by atoms with Crippen LogP contribution in [0.3, 0.4) is 0 Å². The monoisotopic (exact) mass is 1010 g/mol. The summed E-state index contributed by atoms with van der Waals surface area (Å²) in [4.78, 5) is 93.4. The molecular weight excluding hydrogens is 927 g/mol. The Labute approximate surface area is 418 Å². The van der Waals surface area contributed by atoms with Crippen LogP contribution >= 0.6 is 11.3 Å². The van der Waals surface area contributed by atoms with E-state index in [0.29, 0.717) is 43.7 Å². The molecule has 1 heterocycles. The molecule has 0 saturated heterocycles. The van der Waals surface area contributed by atoms with E-state index in [1.165, 1.54) is 11.3 Å². The number of rotatable bonds is 12. The molecule has 394 valence electrons. The molecule has 21 nitrogen and oxygen atoms in total. The summed E-state index contributed by atoms with van der Waals surface area (Å²) < 4.78 is 32.9. The first-order valence-corrected chi connectivity index (χ1v) is 24.1. The van der Waals surface area contributed by atoms with Gasteiger partial charge in [-0.25, -0.2) is 43.6 Å². The first-order valence-electron chi connectivity index (χ1n) is 23.2. The second-order valence-electron chi connectivity index (χ2n) is 21.9. The molecule has 0 saturated carbocycles. The Balaban J connectivity index is 3.38. The number of carbonyl (C=O) groups excluding carboxylic acids is 6. The summed E-state index contributed by atoms with van der Waals surface area (Å²) in [5.74, 6) is 5.21. The van der Waals surface area contributed by atoms with Crippen LogP contribution in [0.25, 0.3) is 0 Å². The number of thiazole rings is 1. The van der Waals surface area contributed by atoms with Crippen LogP contribution in [0.15, 0.2) is 15.4 Å². The number of guanidine groups is 2. The van der Waals surface area contributed by atoms with Gasteiger partial charge in [-0.05, 0) is 150 Å². The van der Waals surface area contributed by atoms with Crippen molar-refractivity contribution in [1.29, 1.82) is 5.41 Å². The van der Waals surface area contributed by atoms with Gasteiger partial charge in [0.2, 0.25) is 11.9 Å². The Kier molecular flexibility index (Phi) is 23.8. The van der Waals surface area contributed by atoms with Crippen molar-refractivity contribution in [1.82, 2.24) is 30.7 Å². The lowest BCUT2D eigenvalue weighted by Gasteiger charge is -2.34. The largest absolute Gasteiger partial charge is 0.444 e. The fourth-order valence-electron chi connectivity index (χ4n) is 5.21. The number of aromatic nitrogens is 1. The van der Waals surface area contributed by atoms with E-state index in [1.54, 1.807) is 130 Å². The molecule has 4 N–H and O–H groups in total. The molecule has 0 bridgehead atoms. The zero-order valence-electron chi connectivity index (χ0n) is 44.7. The summed E-state index contributed by atoms with van der Waals surface area (Å²) in [5.41, 5.74) is -5.09. The van der Waals surface area contributed by atoms with Gasteiger partial charge in [0.15, 0.2) is 10.8 Å². The zero-order valence-corrected chi connectivity index (χ0v) is 45.5. The smallest absolute Gasteiger partial charge is 0.437 e. The molecule has 0 spiro atoms. The van der Waals surface area contributed by atoms with Gasteiger partial charge >= 0.3 is 36.6 Å². The summed E-state index contributed by atoms with van der Waals surface area (Å²) in [5, 5.41) is 17.9. The molecule has 22 heteroatoms. The highest BCUT2D eigenvalue weighted by molar-refractivity contribution is 7.10. The van der Waals surface area contributed by atoms with Crippen molar-refractivity contribution < 1.29 is 57.2 Å². The van der Waals surface area contributed by atoms with Crippen molar-refractivity contribution in [3.63, 3.8) is 0 Å². The fraction of sp³-hybridized carbons (Fsp3) is 0.708. The predicted octanol–water partition coefficient (Wildman–Crippen LogP) is 10.2. The maximum Gasteiger partial charge on any atom is 0.437 e. The number of amides is 6. The number of hydrogen-bond donors (Lipinski definition) is 4. The number of nitrogens with zero attached hydrogens (tertiary/aromatic N) is 5. The lowest BCUT2D eigenvalue weighted by atomic mass is 10.1. The van der Waals surface area contributed by atoms with Gasteiger partial charge in [-0.1, -0.05) is 25.2 Å². The molecule has 0 aliphatic rings. The molecule has 0 radical (unpaired) electrons. The van der Waals surface area contributed by atoms with Gasteiger partial charge in [-0.3, -0.25) is 16.0 Å². The van der Waals surface area contributed by atoms with Crippen LogP contribution in [0.4, 0.5) is 28.8 Å². The molecule has 6 amide bonds. The predicted molar refractivity (Wildman–Crippen MR) is 268 cm³/mol. The van der Waals surface area contributed by atoms with Crippen molar-refractivity contribution in [2.75, 3.05) is 19.6 Å². The number of amidine groups is 1. The first-order chi connectivity index (χ1) is 31.8. The Bertz CT molecular complexity index is 2080. The van der Waals surface area contributed by atoms with Crippen molar-refractivity contribution >= 4 is 65.7 Å². The van der Waals surface area contributed by atoms with Gasteiger partial charge in [-0.15, -0.1) is 21.3 Å². The zero-order chi connectivity index (χ0) is 53.9. The summed E-state index contributed by atoms with van der Waals surface area (Å²) in [7, 11) is 0. The Morgan fingerprint density at radius 2 is 1.01 bits per heavy atom. The number of nitrogens with one attached hydrogen (secondary N) is 4. The minimum absolute atomic E-state index is 0.0232. The minimum Gasteiger partial charge on any atom is -0.444 e. The van der Waals surface area contributed by atoms with Gasteiger partial charge in [0.05, 0.1) is 0 Å². The van der Waals surface area contributed by atoms with E-state index in [-0.39, 0.29) is 49.4 Å². The Hall–Kier alpha value is -5.98. The summed E-state index contributed by atoms with van der Waals surface area (Å²) in [6.07, 6.45) is -1.93. The van der Waals surface area contributed by atoms with Gasteiger partial charge in [0, 0.05) is 31.4 Å². The molecule has 0 unspecified atom stereocenters. The quantitative estimate of drug-likeness (QED) is 0.0499. The third-order valence-corrected chi connectivity index (χ3v) is 8.39. The highest BCUT2D eigenvalue weighted by atomic mass is 32.1. The molecule has 1 rings (SSSR count). The van der Waals surface area contributed by atoms with Crippen LogP contribution in [0, 0.1) is 17.3 Å². The van der Waals surface area contributed by atoms with Crippen LogP contribution in [0.1, 0.15) is 180 Å². The van der Waals surface area contributed by atoms with E-state index in [9.17, 15) is 28.8 Å². The second kappa shape index (κ2) is 26.8. The van der Waals surface area contributed by atoms with Gasteiger partial charge in [0.25, 0.3) is 0 Å². The van der Waals surface area contributed by atoms with Crippen LogP contribution in [-0.2, 0) is 28.4 Å². The van der Waals surface area contributed by atoms with E-state index < -0.39 is 70.2 Å². The molecular formula is C48H79N9O12S. The molecule has 0 aromatic carbocycles. The van der Waals surface area contributed by atoms with Crippen LogP contribution in [-0.4, -0.2) is 122 Å². The van der Waals surface area contributed by atoms with E-state index in [2.05, 4.69) is 42.8 Å². The number of unbranched alkanes of at least 4 members (excludes halogenated alkanes) is 5. The van der Waals surface area contributed by atoms with Crippen molar-refractivity contribution in [3.8, 4) is 11.8 Å².